The fourth-order valence-corrected chi connectivity index (χ4v) is 1.11. The summed E-state index contributed by atoms with van der Waals surface area (Å²) < 4.78 is 37.2. The number of alkyl halides is 3. The van der Waals surface area contributed by atoms with E-state index in [0.717, 1.165) is 0 Å². The zero-order valence-electron chi connectivity index (χ0n) is 6.42. The fourth-order valence-electron chi connectivity index (χ4n) is 1.11. The first-order chi connectivity index (χ1) is 6.06. The third kappa shape index (κ3) is 1.11. The van der Waals surface area contributed by atoms with Crippen LogP contribution in [0.1, 0.15) is 5.56 Å². The minimum Gasteiger partial charge on any atom is -0.166 e. The van der Waals surface area contributed by atoms with Crippen molar-refractivity contribution in [1.82, 2.24) is 0 Å². The third-order valence-corrected chi connectivity index (χ3v) is 1.87. The molecule has 2 nitrogen and oxygen atoms in total. The molecule has 1 aromatic carbocycles. The first-order valence-electron chi connectivity index (χ1n) is 3.62. The molecule has 0 radical (unpaired) electrons. The normalized spacial score (nSPS) is 18.7. The highest BCUT2D eigenvalue weighted by Crippen LogP contribution is 2.52. The largest absolute Gasteiger partial charge is 0.442 e. The van der Waals surface area contributed by atoms with Crippen LogP contribution in [0.3, 0.4) is 0 Å². The molecule has 0 fully saturated rings. The molecule has 0 aliphatic carbocycles. The van der Waals surface area contributed by atoms with Crippen molar-refractivity contribution >= 4 is 0 Å². The molecule has 0 aromatic heterocycles. The Bertz CT molecular complexity index is 336. The maximum absolute atomic E-state index is 12.4. The van der Waals surface area contributed by atoms with Crippen LogP contribution in [0.15, 0.2) is 40.6 Å². The van der Waals surface area contributed by atoms with Gasteiger partial charge in [-0.3, -0.25) is 0 Å². The van der Waals surface area contributed by atoms with Crippen LogP contribution in [0.5, 0.6) is 0 Å². The molecule has 0 N–H and O–H groups in total. The molecule has 0 saturated carbocycles. The fraction of sp³-hybridized carbons (Fsp3) is 0.250. The van der Waals surface area contributed by atoms with Gasteiger partial charge in [-0.05, 0) is 0 Å². The first-order valence-corrected chi connectivity index (χ1v) is 3.62. The summed E-state index contributed by atoms with van der Waals surface area (Å²) >= 11 is 0. The predicted octanol–water partition coefficient (Wildman–Crippen LogP) is 2.87. The van der Waals surface area contributed by atoms with Gasteiger partial charge in [0.1, 0.15) is 0 Å². The van der Waals surface area contributed by atoms with Gasteiger partial charge in [0.05, 0.1) is 0 Å². The number of nitrogens with zero attached hydrogens (tertiary/aromatic N) is 2. The highest BCUT2D eigenvalue weighted by atomic mass is 19.4. The Kier molecular flexibility index (Phi) is 1.46. The second-order valence-corrected chi connectivity index (χ2v) is 2.74. The third-order valence-electron chi connectivity index (χ3n) is 1.87. The van der Waals surface area contributed by atoms with Crippen molar-refractivity contribution in [3.63, 3.8) is 0 Å². The van der Waals surface area contributed by atoms with Crippen LogP contribution in [-0.4, -0.2) is 6.18 Å². The van der Waals surface area contributed by atoms with Crippen LogP contribution in [-0.2, 0) is 5.66 Å². The van der Waals surface area contributed by atoms with E-state index in [4.69, 9.17) is 0 Å². The average Bonchev–Trinajstić information content (AvgIpc) is 2.84. The maximum Gasteiger partial charge on any atom is 0.442 e. The summed E-state index contributed by atoms with van der Waals surface area (Å²) in [5.74, 6) is 0. The Morgan fingerprint density at radius 1 is 1.00 bits per heavy atom. The molecule has 1 aliphatic rings. The second-order valence-electron chi connectivity index (χ2n) is 2.74. The lowest BCUT2D eigenvalue weighted by atomic mass is 10.0. The Morgan fingerprint density at radius 2 is 1.54 bits per heavy atom. The van der Waals surface area contributed by atoms with Crippen LogP contribution in [0.25, 0.3) is 0 Å². The molecular formula is C8H5F3N2. The quantitative estimate of drug-likeness (QED) is 0.644. The minimum absolute atomic E-state index is 0.0718. The molecular weight excluding hydrogens is 181 g/mol. The summed E-state index contributed by atoms with van der Waals surface area (Å²) in [7, 11) is 0. The van der Waals surface area contributed by atoms with Crippen molar-refractivity contribution in [1.29, 1.82) is 0 Å². The molecule has 13 heavy (non-hydrogen) atoms. The van der Waals surface area contributed by atoms with E-state index in [0.29, 0.717) is 0 Å². The zero-order valence-corrected chi connectivity index (χ0v) is 6.42. The van der Waals surface area contributed by atoms with Crippen LogP contribution in [0, 0.1) is 0 Å². The van der Waals surface area contributed by atoms with Crippen molar-refractivity contribution in [3.05, 3.63) is 35.9 Å². The van der Waals surface area contributed by atoms with Crippen LogP contribution >= 0.6 is 0 Å². The van der Waals surface area contributed by atoms with Gasteiger partial charge in [0.2, 0.25) is 0 Å². The van der Waals surface area contributed by atoms with Gasteiger partial charge in [0, 0.05) is 5.56 Å². The maximum atomic E-state index is 12.4. The number of hydrogen-bond donors (Lipinski definition) is 0. The molecule has 1 aromatic rings. The van der Waals surface area contributed by atoms with Crippen LogP contribution in [0.2, 0.25) is 0 Å². The molecule has 0 spiro atoms. The Labute approximate surface area is 72.1 Å². The molecule has 1 heterocycles. The SMILES string of the molecule is FC(F)(F)C1(c2ccccc2)N=N1. The Balaban J connectivity index is 2.38. The summed E-state index contributed by atoms with van der Waals surface area (Å²) in [6, 6.07) is 7.45. The molecule has 68 valence electrons. The van der Waals surface area contributed by atoms with Gasteiger partial charge in [0.15, 0.2) is 0 Å². The lowest BCUT2D eigenvalue weighted by molar-refractivity contribution is -0.166. The first kappa shape index (κ1) is 8.22. The summed E-state index contributed by atoms with van der Waals surface area (Å²) in [6.45, 7) is 0. The Hall–Kier alpha value is -1.39. The number of hydrogen-bond acceptors (Lipinski definition) is 2. The molecule has 2 rings (SSSR count). The van der Waals surface area contributed by atoms with E-state index >= 15 is 0 Å². The van der Waals surface area contributed by atoms with Crippen molar-refractivity contribution in [3.8, 4) is 0 Å². The van der Waals surface area contributed by atoms with E-state index < -0.39 is 11.8 Å². The van der Waals surface area contributed by atoms with E-state index in [9.17, 15) is 13.2 Å². The molecule has 0 unspecified atom stereocenters. The van der Waals surface area contributed by atoms with E-state index in [1.807, 2.05) is 0 Å². The number of rotatable bonds is 1. The van der Waals surface area contributed by atoms with Gasteiger partial charge in [-0.25, -0.2) is 0 Å². The second kappa shape index (κ2) is 2.31. The van der Waals surface area contributed by atoms with Crippen LogP contribution < -0.4 is 0 Å². The zero-order chi connectivity index (χ0) is 9.53. The number of benzene rings is 1. The summed E-state index contributed by atoms with van der Waals surface area (Å²) in [5, 5.41) is 6.15. The molecule has 0 saturated heterocycles. The molecule has 0 amide bonds. The number of halogens is 3. The van der Waals surface area contributed by atoms with Crippen molar-refractivity contribution in [2.75, 3.05) is 0 Å². The van der Waals surface area contributed by atoms with E-state index in [-0.39, 0.29) is 5.56 Å². The van der Waals surface area contributed by atoms with Gasteiger partial charge < -0.3 is 0 Å². The monoisotopic (exact) mass is 186 g/mol. The summed E-state index contributed by atoms with van der Waals surface area (Å²) in [4.78, 5) is 0. The van der Waals surface area contributed by atoms with Crippen molar-refractivity contribution in [2.45, 2.75) is 11.8 Å². The Morgan fingerprint density at radius 3 is 1.92 bits per heavy atom. The predicted molar refractivity (Wildman–Crippen MR) is 39.0 cm³/mol. The van der Waals surface area contributed by atoms with Gasteiger partial charge >= 0.3 is 11.8 Å². The lowest BCUT2D eigenvalue weighted by Gasteiger charge is -2.13. The molecule has 5 heteroatoms. The summed E-state index contributed by atoms with van der Waals surface area (Å²) in [5.41, 5.74) is -2.20. The van der Waals surface area contributed by atoms with E-state index in [1.54, 1.807) is 6.07 Å². The lowest BCUT2D eigenvalue weighted by Crippen LogP contribution is -2.29. The molecule has 0 bridgehead atoms. The molecule has 1 aliphatic heterocycles. The van der Waals surface area contributed by atoms with Crippen molar-refractivity contribution < 1.29 is 13.2 Å². The highest BCUT2D eigenvalue weighted by molar-refractivity contribution is 5.29. The average molecular weight is 186 g/mol. The smallest absolute Gasteiger partial charge is 0.166 e. The molecule has 0 atom stereocenters. The van der Waals surface area contributed by atoms with Gasteiger partial charge in [-0.2, -0.15) is 13.2 Å². The summed E-state index contributed by atoms with van der Waals surface area (Å²) in [6.07, 6.45) is -4.42. The van der Waals surface area contributed by atoms with Gasteiger partial charge in [-0.15, -0.1) is 10.2 Å². The van der Waals surface area contributed by atoms with E-state index in [1.165, 1.54) is 24.3 Å². The van der Waals surface area contributed by atoms with E-state index in [2.05, 4.69) is 10.2 Å². The van der Waals surface area contributed by atoms with Crippen LogP contribution in [0.4, 0.5) is 13.2 Å². The van der Waals surface area contributed by atoms with Gasteiger partial charge in [0.25, 0.3) is 0 Å². The topological polar surface area (TPSA) is 24.7 Å². The van der Waals surface area contributed by atoms with Crippen molar-refractivity contribution in [2.24, 2.45) is 10.2 Å². The standard InChI is InChI=1S/C8H5F3N2/c9-8(10,11)7(12-13-7)6-4-2-1-3-5-6/h1-5H. The minimum atomic E-state index is -4.42. The highest BCUT2D eigenvalue weighted by Gasteiger charge is 2.65. The van der Waals surface area contributed by atoms with Gasteiger partial charge in [-0.1, -0.05) is 30.3 Å².